The summed E-state index contributed by atoms with van der Waals surface area (Å²) in [6, 6.07) is 10.2. The maximum absolute atomic E-state index is 4.41. The Kier molecular flexibility index (Phi) is 3.29. The topological polar surface area (TPSA) is 50.7 Å². The maximum atomic E-state index is 4.41. The lowest BCUT2D eigenvalue weighted by Crippen LogP contribution is -2.11. The van der Waals surface area contributed by atoms with Gasteiger partial charge in [0.25, 0.3) is 0 Å². The highest BCUT2D eigenvalue weighted by Crippen LogP contribution is 2.25. The van der Waals surface area contributed by atoms with Crippen LogP contribution in [0, 0.1) is 6.92 Å². The number of rotatable bonds is 3. The number of hydrogen-bond acceptors (Lipinski definition) is 4. The monoisotopic (exact) mass is 264 g/mol. The largest absolute Gasteiger partial charge is 0.376 e. The Morgan fingerprint density at radius 2 is 1.80 bits per heavy atom. The number of aryl methyl sites for hydroxylation is 1. The van der Waals surface area contributed by atoms with Crippen molar-refractivity contribution in [2.75, 3.05) is 5.32 Å². The van der Waals surface area contributed by atoms with Crippen molar-refractivity contribution in [1.29, 1.82) is 0 Å². The molecule has 0 radical (unpaired) electrons. The van der Waals surface area contributed by atoms with Crippen LogP contribution in [0.3, 0.4) is 0 Å². The van der Waals surface area contributed by atoms with Crippen molar-refractivity contribution in [3.63, 3.8) is 0 Å². The molecule has 0 aliphatic carbocycles. The Morgan fingerprint density at radius 1 is 0.950 bits per heavy atom. The molecule has 1 unspecified atom stereocenters. The van der Waals surface area contributed by atoms with Gasteiger partial charge in [-0.25, -0.2) is 0 Å². The van der Waals surface area contributed by atoms with Crippen molar-refractivity contribution in [2.45, 2.75) is 19.9 Å². The lowest BCUT2D eigenvalue weighted by molar-refractivity contribution is 0.811. The minimum atomic E-state index is 0.0921. The number of nitrogens with zero attached hydrogens (tertiary/aromatic N) is 3. The normalized spacial score (nSPS) is 12.3. The highest BCUT2D eigenvalue weighted by molar-refractivity contribution is 5.91. The highest BCUT2D eigenvalue weighted by Gasteiger charge is 2.11. The summed E-state index contributed by atoms with van der Waals surface area (Å²) in [5.74, 6) is 0. The summed E-state index contributed by atoms with van der Waals surface area (Å²) >= 11 is 0. The molecule has 1 aromatic carbocycles. The van der Waals surface area contributed by atoms with Crippen LogP contribution in [0.15, 0.2) is 48.9 Å². The molecule has 0 fully saturated rings. The van der Waals surface area contributed by atoms with Crippen molar-refractivity contribution >= 4 is 16.6 Å². The van der Waals surface area contributed by atoms with Gasteiger partial charge in [-0.05, 0) is 38.1 Å². The maximum Gasteiger partial charge on any atom is 0.0835 e. The van der Waals surface area contributed by atoms with Gasteiger partial charge in [-0.1, -0.05) is 6.07 Å². The van der Waals surface area contributed by atoms with Gasteiger partial charge in [0.15, 0.2) is 0 Å². The number of aromatic nitrogens is 3. The van der Waals surface area contributed by atoms with Crippen LogP contribution >= 0.6 is 0 Å². The van der Waals surface area contributed by atoms with Crippen molar-refractivity contribution < 1.29 is 0 Å². The summed E-state index contributed by atoms with van der Waals surface area (Å²) in [5.41, 5.74) is 3.97. The average molecular weight is 264 g/mol. The summed E-state index contributed by atoms with van der Waals surface area (Å²) in [7, 11) is 0. The first-order valence-corrected chi connectivity index (χ1v) is 6.63. The number of fused-ring (bicyclic) bond motifs is 1. The molecule has 1 atom stereocenters. The van der Waals surface area contributed by atoms with Gasteiger partial charge in [0.05, 0.1) is 22.9 Å². The van der Waals surface area contributed by atoms with E-state index in [1.54, 1.807) is 12.4 Å². The third kappa shape index (κ3) is 2.32. The smallest absolute Gasteiger partial charge is 0.0835 e. The third-order valence-electron chi connectivity index (χ3n) is 3.35. The first-order valence-electron chi connectivity index (χ1n) is 6.63. The molecule has 0 aliphatic rings. The molecule has 2 aromatic heterocycles. The van der Waals surface area contributed by atoms with E-state index in [-0.39, 0.29) is 6.04 Å². The van der Waals surface area contributed by atoms with Crippen LogP contribution in [0.1, 0.15) is 24.4 Å². The van der Waals surface area contributed by atoms with E-state index in [0.717, 1.165) is 28.0 Å². The fraction of sp³-hybridized carbons (Fsp3) is 0.188. The van der Waals surface area contributed by atoms with E-state index in [0.29, 0.717) is 0 Å². The lowest BCUT2D eigenvalue weighted by atomic mass is 10.1. The molecule has 3 rings (SSSR count). The van der Waals surface area contributed by atoms with Crippen LogP contribution in [-0.4, -0.2) is 15.0 Å². The van der Waals surface area contributed by atoms with Crippen LogP contribution in [0.25, 0.3) is 10.9 Å². The highest BCUT2D eigenvalue weighted by atomic mass is 15.0. The van der Waals surface area contributed by atoms with Crippen LogP contribution in [0.4, 0.5) is 5.69 Å². The van der Waals surface area contributed by atoms with Crippen LogP contribution in [0.5, 0.6) is 0 Å². The Hall–Kier alpha value is -2.49. The van der Waals surface area contributed by atoms with E-state index in [1.165, 1.54) is 0 Å². The quantitative estimate of drug-likeness (QED) is 0.786. The van der Waals surface area contributed by atoms with Crippen molar-refractivity contribution in [1.82, 2.24) is 15.0 Å². The molecular weight excluding hydrogens is 248 g/mol. The SMILES string of the molecule is Cc1nccnc1C(C)Nc1cccc2ncccc12. The average Bonchev–Trinajstić information content (AvgIpc) is 2.48. The number of nitrogens with one attached hydrogen (secondary N) is 1. The van der Waals surface area contributed by atoms with Crippen molar-refractivity contribution in [2.24, 2.45) is 0 Å². The zero-order chi connectivity index (χ0) is 13.9. The molecule has 100 valence electrons. The van der Waals surface area contributed by atoms with Gasteiger partial charge >= 0.3 is 0 Å². The molecule has 0 spiro atoms. The zero-order valence-corrected chi connectivity index (χ0v) is 11.5. The molecule has 4 nitrogen and oxygen atoms in total. The Balaban J connectivity index is 1.96. The van der Waals surface area contributed by atoms with E-state index in [9.17, 15) is 0 Å². The van der Waals surface area contributed by atoms with Crippen LogP contribution < -0.4 is 5.32 Å². The van der Waals surface area contributed by atoms with Crippen molar-refractivity contribution in [3.05, 3.63) is 60.3 Å². The number of anilines is 1. The summed E-state index contributed by atoms with van der Waals surface area (Å²) in [6.45, 7) is 4.07. The second kappa shape index (κ2) is 5.25. The molecule has 20 heavy (non-hydrogen) atoms. The van der Waals surface area contributed by atoms with E-state index in [2.05, 4.69) is 39.3 Å². The molecule has 2 heterocycles. The van der Waals surface area contributed by atoms with Gasteiger partial charge in [0, 0.05) is 29.7 Å². The number of hydrogen-bond donors (Lipinski definition) is 1. The molecule has 4 heteroatoms. The second-order valence-electron chi connectivity index (χ2n) is 4.77. The van der Waals surface area contributed by atoms with Crippen LogP contribution in [-0.2, 0) is 0 Å². The molecule has 0 saturated heterocycles. The van der Waals surface area contributed by atoms with Gasteiger partial charge in [-0.3, -0.25) is 15.0 Å². The fourth-order valence-electron chi connectivity index (χ4n) is 2.37. The van der Waals surface area contributed by atoms with Gasteiger partial charge < -0.3 is 5.32 Å². The summed E-state index contributed by atoms with van der Waals surface area (Å²) in [6.07, 6.45) is 5.25. The number of benzene rings is 1. The predicted octanol–water partition coefficient (Wildman–Crippen LogP) is 3.51. The summed E-state index contributed by atoms with van der Waals surface area (Å²) < 4.78 is 0. The minimum absolute atomic E-state index is 0.0921. The Bertz CT molecular complexity index is 734. The predicted molar refractivity (Wildman–Crippen MR) is 80.5 cm³/mol. The standard InChI is InChI=1S/C16H16N4/c1-11-16(19-10-9-17-11)12(2)20-15-7-3-6-14-13(15)5-4-8-18-14/h3-10,12,20H,1-2H3. The fourth-order valence-corrected chi connectivity index (χ4v) is 2.37. The zero-order valence-electron chi connectivity index (χ0n) is 11.5. The van der Waals surface area contributed by atoms with Gasteiger partial charge in [-0.15, -0.1) is 0 Å². The van der Waals surface area contributed by atoms with E-state index in [1.807, 2.05) is 31.3 Å². The van der Waals surface area contributed by atoms with Gasteiger partial charge in [0.2, 0.25) is 0 Å². The molecular formula is C16H16N4. The van der Waals surface area contributed by atoms with Gasteiger partial charge in [-0.2, -0.15) is 0 Å². The van der Waals surface area contributed by atoms with Crippen LogP contribution in [0.2, 0.25) is 0 Å². The van der Waals surface area contributed by atoms with E-state index in [4.69, 9.17) is 0 Å². The molecule has 0 bridgehead atoms. The summed E-state index contributed by atoms with van der Waals surface area (Å²) in [4.78, 5) is 13.1. The molecule has 1 N–H and O–H groups in total. The molecule has 0 saturated carbocycles. The first kappa shape index (κ1) is 12.5. The Morgan fingerprint density at radius 3 is 2.65 bits per heavy atom. The van der Waals surface area contributed by atoms with E-state index >= 15 is 0 Å². The third-order valence-corrected chi connectivity index (χ3v) is 3.35. The van der Waals surface area contributed by atoms with E-state index < -0.39 is 0 Å². The first-order chi connectivity index (χ1) is 9.75. The summed E-state index contributed by atoms with van der Waals surface area (Å²) in [5, 5.41) is 4.61. The molecule has 0 amide bonds. The lowest BCUT2D eigenvalue weighted by Gasteiger charge is -2.17. The van der Waals surface area contributed by atoms with Gasteiger partial charge in [0.1, 0.15) is 0 Å². The molecule has 0 aliphatic heterocycles. The minimum Gasteiger partial charge on any atom is -0.376 e. The molecule has 3 aromatic rings. The number of pyridine rings is 1. The Labute approximate surface area is 117 Å². The second-order valence-corrected chi connectivity index (χ2v) is 4.77. The van der Waals surface area contributed by atoms with Crippen molar-refractivity contribution in [3.8, 4) is 0 Å².